The van der Waals surface area contributed by atoms with Crippen LogP contribution < -0.4 is 5.32 Å². The fourth-order valence-electron chi connectivity index (χ4n) is 2.24. The third-order valence-corrected chi connectivity index (χ3v) is 3.72. The number of urea groups is 1. The van der Waals surface area contributed by atoms with Crippen LogP contribution in [0.5, 0.6) is 0 Å². The van der Waals surface area contributed by atoms with Gasteiger partial charge < -0.3 is 20.1 Å². The molecule has 1 rings (SSSR count). The van der Waals surface area contributed by atoms with E-state index in [2.05, 4.69) is 5.32 Å². The zero-order valence-corrected chi connectivity index (χ0v) is 11.2. The van der Waals surface area contributed by atoms with Gasteiger partial charge in [0.1, 0.15) is 0 Å². The van der Waals surface area contributed by atoms with Crippen LogP contribution in [-0.4, -0.2) is 55.4 Å². The van der Waals surface area contributed by atoms with Crippen molar-refractivity contribution in [3.63, 3.8) is 0 Å². The molecule has 0 aromatic carbocycles. The van der Waals surface area contributed by atoms with E-state index in [1.54, 1.807) is 21.1 Å². The Hall–Kier alpha value is -1.30. The lowest BCUT2D eigenvalue weighted by atomic mass is 9.85. The van der Waals surface area contributed by atoms with E-state index in [0.29, 0.717) is 26.0 Å². The second kappa shape index (κ2) is 6.04. The van der Waals surface area contributed by atoms with Crippen molar-refractivity contribution in [3.8, 4) is 0 Å². The number of nitrogens with zero attached hydrogens (tertiary/aromatic N) is 1. The monoisotopic (exact) mass is 258 g/mol. The van der Waals surface area contributed by atoms with Crippen LogP contribution in [-0.2, 0) is 9.53 Å². The molecule has 1 fully saturated rings. The fraction of sp³-hybridized carbons (Fsp3) is 0.833. The third-order valence-electron chi connectivity index (χ3n) is 3.72. The van der Waals surface area contributed by atoms with Crippen LogP contribution in [0.1, 0.15) is 26.2 Å². The van der Waals surface area contributed by atoms with Gasteiger partial charge in [-0.1, -0.05) is 6.42 Å². The molecule has 1 saturated carbocycles. The van der Waals surface area contributed by atoms with Gasteiger partial charge in [-0.05, 0) is 19.8 Å². The molecule has 0 spiro atoms. The van der Waals surface area contributed by atoms with E-state index >= 15 is 0 Å². The van der Waals surface area contributed by atoms with E-state index in [1.807, 2.05) is 0 Å². The maximum atomic E-state index is 11.9. The van der Waals surface area contributed by atoms with E-state index in [9.17, 15) is 14.7 Å². The topological polar surface area (TPSA) is 78.9 Å². The molecule has 0 radical (unpaired) electrons. The van der Waals surface area contributed by atoms with Crippen molar-refractivity contribution in [2.24, 2.45) is 5.41 Å². The third kappa shape index (κ3) is 3.13. The molecule has 0 heterocycles. The van der Waals surface area contributed by atoms with Gasteiger partial charge in [-0.25, -0.2) is 4.79 Å². The lowest BCUT2D eigenvalue weighted by Gasteiger charge is -2.29. The molecule has 6 nitrogen and oxygen atoms in total. The van der Waals surface area contributed by atoms with E-state index in [4.69, 9.17) is 4.74 Å². The predicted molar refractivity (Wildman–Crippen MR) is 66.4 cm³/mol. The number of amides is 2. The van der Waals surface area contributed by atoms with E-state index in [-0.39, 0.29) is 12.1 Å². The molecule has 1 aliphatic carbocycles. The second-order valence-electron chi connectivity index (χ2n) is 5.03. The Morgan fingerprint density at radius 1 is 1.56 bits per heavy atom. The smallest absolute Gasteiger partial charge is 0.317 e. The molecular formula is C12H22N2O4. The number of methoxy groups -OCH3 is 1. The summed E-state index contributed by atoms with van der Waals surface area (Å²) in [5.74, 6) is -0.843. The van der Waals surface area contributed by atoms with Gasteiger partial charge in [0.2, 0.25) is 0 Å². The average Bonchev–Trinajstić information content (AvgIpc) is 2.69. The molecule has 2 amide bonds. The van der Waals surface area contributed by atoms with Crippen LogP contribution >= 0.6 is 0 Å². The first-order chi connectivity index (χ1) is 8.41. The van der Waals surface area contributed by atoms with Gasteiger partial charge in [0, 0.05) is 26.7 Å². The first-order valence-corrected chi connectivity index (χ1v) is 6.15. The molecule has 2 N–H and O–H groups in total. The highest BCUT2D eigenvalue weighted by atomic mass is 16.5. The summed E-state index contributed by atoms with van der Waals surface area (Å²) in [5.41, 5.74) is -0.849. The summed E-state index contributed by atoms with van der Waals surface area (Å²) in [6, 6.07) is -0.543. The molecule has 0 aliphatic heterocycles. The summed E-state index contributed by atoms with van der Waals surface area (Å²) >= 11 is 0. The van der Waals surface area contributed by atoms with Gasteiger partial charge in [-0.2, -0.15) is 0 Å². The zero-order chi connectivity index (χ0) is 13.8. The Labute approximate surface area is 107 Å². The van der Waals surface area contributed by atoms with Gasteiger partial charge >= 0.3 is 12.0 Å². The maximum Gasteiger partial charge on any atom is 0.317 e. The van der Waals surface area contributed by atoms with E-state index in [1.165, 1.54) is 4.90 Å². The molecule has 0 aromatic rings. The number of carbonyl (C=O) groups is 2. The Balaban J connectivity index is 2.56. The minimum absolute atomic E-state index is 0.244. The summed E-state index contributed by atoms with van der Waals surface area (Å²) < 4.78 is 4.90. The number of rotatable bonds is 5. The van der Waals surface area contributed by atoms with Gasteiger partial charge in [0.25, 0.3) is 0 Å². The van der Waals surface area contributed by atoms with Crippen molar-refractivity contribution in [2.45, 2.75) is 32.2 Å². The molecule has 0 saturated heterocycles. The maximum absolute atomic E-state index is 11.9. The summed E-state index contributed by atoms with van der Waals surface area (Å²) in [7, 11) is 3.24. The van der Waals surface area contributed by atoms with Crippen LogP contribution in [0.3, 0.4) is 0 Å². The Morgan fingerprint density at radius 3 is 2.78 bits per heavy atom. The lowest BCUT2D eigenvalue weighted by Crippen LogP contribution is -2.51. The largest absolute Gasteiger partial charge is 0.481 e. The first-order valence-electron chi connectivity index (χ1n) is 6.15. The van der Waals surface area contributed by atoms with Gasteiger partial charge in [0.05, 0.1) is 12.0 Å². The van der Waals surface area contributed by atoms with Gasteiger partial charge in [-0.3, -0.25) is 4.79 Å². The van der Waals surface area contributed by atoms with Crippen molar-refractivity contribution in [3.05, 3.63) is 0 Å². The number of carboxylic acids is 1. The van der Waals surface area contributed by atoms with Crippen LogP contribution in [0.4, 0.5) is 4.79 Å². The highest BCUT2D eigenvalue weighted by molar-refractivity contribution is 5.79. The van der Waals surface area contributed by atoms with Crippen LogP contribution in [0.2, 0.25) is 0 Å². The second-order valence-corrected chi connectivity index (χ2v) is 5.03. The number of carbonyl (C=O) groups excluding carboxylic acids is 1. The molecule has 1 aliphatic rings. The molecular weight excluding hydrogens is 236 g/mol. The number of likely N-dealkylation sites (N-methyl/N-ethyl adjacent to an activating group) is 1. The Bertz CT molecular complexity index is 321. The van der Waals surface area contributed by atoms with E-state index < -0.39 is 11.4 Å². The van der Waals surface area contributed by atoms with Gasteiger partial charge in [0.15, 0.2) is 0 Å². The molecule has 0 bridgehead atoms. The minimum Gasteiger partial charge on any atom is -0.481 e. The van der Waals surface area contributed by atoms with Crippen molar-refractivity contribution in [2.75, 3.05) is 27.3 Å². The molecule has 2 unspecified atom stereocenters. The fourth-order valence-corrected chi connectivity index (χ4v) is 2.24. The molecule has 104 valence electrons. The molecule has 6 heteroatoms. The highest BCUT2D eigenvalue weighted by Crippen LogP contribution is 2.38. The average molecular weight is 258 g/mol. The SMILES string of the molecule is COCCN(C)C(=O)NC1CCCC1(C)C(=O)O. The number of ether oxygens (including phenoxy) is 1. The van der Waals surface area contributed by atoms with Crippen molar-refractivity contribution < 1.29 is 19.4 Å². The summed E-state index contributed by atoms with van der Waals surface area (Å²) in [6.45, 7) is 2.64. The number of carboxylic acid groups (broad SMARTS) is 1. The van der Waals surface area contributed by atoms with Crippen LogP contribution in [0.15, 0.2) is 0 Å². The summed E-state index contributed by atoms with van der Waals surface area (Å²) in [4.78, 5) is 24.7. The van der Waals surface area contributed by atoms with E-state index in [0.717, 1.165) is 6.42 Å². The standard InChI is InChI=1S/C12H22N2O4/c1-12(10(15)16)6-4-5-9(12)13-11(17)14(2)7-8-18-3/h9H,4-8H2,1-3H3,(H,13,17)(H,15,16). The zero-order valence-electron chi connectivity index (χ0n) is 11.2. The van der Waals surface area contributed by atoms with Crippen molar-refractivity contribution >= 4 is 12.0 Å². The molecule has 2 atom stereocenters. The normalized spacial score (nSPS) is 26.9. The van der Waals surface area contributed by atoms with Gasteiger partial charge in [-0.15, -0.1) is 0 Å². The number of hydrogen-bond donors (Lipinski definition) is 2. The summed E-state index contributed by atoms with van der Waals surface area (Å²) in [5, 5.41) is 12.1. The highest BCUT2D eigenvalue weighted by Gasteiger charge is 2.46. The number of nitrogens with one attached hydrogen (secondary N) is 1. The Morgan fingerprint density at radius 2 is 2.22 bits per heavy atom. The van der Waals surface area contributed by atoms with Crippen molar-refractivity contribution in [1.29, 1.82) is 0 Å². The minimum atomic E-state index is -0.849. The Kier molecular flexibility index (Phi) is 4.95. The summed E-state index contributed by atoms with van der Waals surface area (Å²) in [6.07, 6.45) is 2.15. The number of aliphatic carboxylic acids is 1. The molecule has 0 aromatic heterocycles. The predicted octanol–water partition coefficient (Wildman–Crippen LogP) is 0.918. The van der Waals surface area contributed by atoms with Crippen molar-refractivity contribution in [1.82, 2.24) is 10.2 Å². The quantitative estimate of drug-likeness (QED) is 0.768. The molecule has 18 heavy (non-hydrogen) atoms. The van der Waals surface area contributed by atoms with Crippen LogP contribution in [0.25, 0.3) is 0 Å². The number of hydrogen-bond acceptors (Lipinski definition) is 3. The lowest BCUT2D eigenvalue weighted by molar-refractivity contribution is -0.148. The first kappa shape index (κ1) is 14.8. The van der Waals surface area contributed by atoms with Crippen LogP contribution in [0, 0.1) is 5.41 Å².